The van der Waals surface area contributed by atoms with Crippen molar-refractivity contribution in [2.24, 2.45) is 10.3 Å². The second kappa shape index (κ2) is 7.92. The van der Waals surface area contributed by atoms with Crippen molar-refractivity contribution in [1.82, 2.24) is 5.01 Å². The maximum Gasteiger partial charge on any atom is 0.377 e. The molecule has 13 nitrogen and oxygen atoms in total. The number of hydrogen-bond acceptors (Lipinski definition) is 12. The topological polar surface area (TPSA) is 196 Å². The number of rotatable bonds is 5. The smallest absolute Gasteiger partial charge is 0.377 e. The first kappa shape index (κ1) is 20.0. The van der Waals surface area contributed by atoms with Gasteiger partial charge in [-0.2, -0.15) is 5.01 Å². The fourth-order valence-corrected chi connectivity index (χ4v) is 2.37. The minimum atomic E-state index is -2.03. The lowest BCUT2D eigenvalue weighted by atomic mass is 9.97. The molecule has 0 aromatic carbocycles. The number of hydrogen-bond donors (Lipinski definition) is 4. The van der Waals surface area contributed by atoms with Crippen molar-refractivity contribution in [2.45, 2.75) is 43.6 Å². The zero-order valence-electron chi connectivity index (χ0n) is 13.5. The van der Waals surface area contributed by atoms with Gasteiger partial charge in [0.25, 0.3) is 11.6 Å². The molecule has 13 heteroatoms. The molecule has 0 saturated carbocycles. The van der Waals surface area contributed by atoms with Crippen LogP contribution in [0.25, 0.3) is 0 Å². The summed E-state index contributed by atoms with van der Waals surface area (Å²) in [6.07, 6.45) is -8.50. The number of esters is 1. The second-order valence-electron chi connectivity index (χ2n) is 5.43. The molecular weight excluding hydrogens is 358 g/mol. The van der Waals surface area contributed by atoms with Gasteiger partial charge in [0, 0.05) is 0 Å². The summed E-state index contributed by atoms with van der Waals surface area (Å²) >= 11 is 0. The van der Waals surface area contributed by atoms with E-state index in [1.807, 2.05) is 0 Å². The number of aliphatic hydroxyl groups is 4. The quantitative estimate of drug-likeness (QED) is 0.209. The van der Waals surface area contributed by atoms with Crippen molar-refractivity contribution >= 4 is 23.4 Å². The van der Waals surface area contributed by atoms with Gasteiger partial charge in [0.1, 0.15) is 24.4 Å². The normalized spacial score (nSPS) is 34.7. The van der Waals surface area contributed by atoms with E-state index < -0.39 is 66.7 Å². The van der Waals surface area contributed by atoms with E-state index in [1.54, 1.807) is 0 Å². The van der Waals surface area contributed by atoms with Crippen molar-refractivity contribution < 1.29 is 49.1 Å². The van der Waals surface area contributed by atoms with E-state index in [2.05, 4.69) is 15.1 Å². The zero-order valence-corrected chi connectivity index (χ0v) is 13.5. The van der Waals surface area contributed by atoms with Gasteiger partial charge in [0.2, 0.25) is 6.04 Å². The molecule has 0 bridgehead atoms. The predicted octanol–water partition coefficient (Wildman–Crippen LogP) is -3.93. The molecule has 2 heterocycles. The van der Waals surface area contributed by atoms with Crippen LogP contribution < -0.4 is 0 Å². The van der Waals surface area contributed by atoms with Gasteiger partial charge in [0.05, 0.1) is 13.2 Å². The van der Waals surface area contributed by atoms with Crippen molar-refractivity contribution in [1.29, 1.82) is 0 Å². The highest BCUT2D eigenvalue weighted by Crippen LogP contribution is 2.26. The van der Waals surface area contributed by atoms with E-state index in [0.29, 0.717) is 0 Å². The summed E-state index contributed by atoms with van der Waals surface area (Å²) in [6.45, 7) is 0.535. The molecule has 26 heavy (non-hydrogen) atoms. The Balaban J connectivity index is 2.23. The Bertz CT molecular complexity index is 636. The third-order valence-electron chi connectivity index (χ3n) is 3.76. The molecular formula is C13H17N3O10. The molecule has 4 N–H and O–H groups in total. The molecule has 6 atom stereocenters. The first-order valence-corrected chi connectivity index (χ1v) is 7.54. The number of ketones is 2. The highest BCUT2D eigenvalue weighted by molar-refractivity contribution is 6.50. The van der Waals surface area contributed by atoms with Gasteiger partial charge in [-0.1, -0.05) is 5.22 Å². The highest BCUT2D eigenvalue weighted by Gasteiger charge is 2.51. The standard InChI is InChI=1S/C13H17N3O10/c1-2-25-13(24)8(20)5-7(19)11(23)16(15-14-5)12-10(22)9(21)6(18)4(3-17)26-12/h4-6,9-10,12,17-18,21-22H,2-3H2,1H3. The maximum atomic E-state index is 12.2. The molecule has 1 saturated heterocycles. The maximum absolute atomic E-state index is 12.2. The van der Waals surface area contributed by atoms with E-state index in [9.17, 15) is 34.5 Å². The average molecular weight is 375 g/mol. The minimum Gasteiger partial charge on any atom is -0.460 e. The van der Waals surface area contributed by atoms with Crippen molar-refractivity contribution in [3.05, 3.63) is 0 Å². The van der Waals surface area contributed by atoms with Crippen LogP contribution in [0.3, 0.4) is 0 Å². The van der Waals surface area contributed by atoms with Gasteiger partial charge >= 0.3 is 11.9 Å². The fourth-order valence-electron chi connectivity index (χ4n) is 2.37. The molecule has 0 aromatic rings. The Morgan fingerprint density at radius 2 is 1.85 bits per heavy atom. The Labute approximate surface area is 145 Å². The van der Waals surface area contributed by atoms with Crippen LogP contribution in [0.5, 0.6) is 0 Å². The summed E-state index contributed by atoms with van der Waals surface area (Å²) in [5.74, 6) is -5.61. The van der Waals surface area contributed by atoms with Crippen LogP contribution in [-0.2, 0) is 28.7 Å². The van der Waals surface area contributed by atoms with Crippen molar-refractivity contribution in [2.75, 3.05) is 13.2 Å². The summed E-state index contributed by atoms with van der Waals surface area (Å²) < 4.78 is 9.52. The van der Waals surface area contributed by atoms with E-state index in [4.69, 9.17) is 9.84 Å². The molecule has 2 rings (SSSR count). The number of ether oxygens (including phenoxy) is 2. The van der Waals surface area contributed by atoms with E-state index in [-0.39, 0.29) is 11.6 Å². The van der Waals surface area contributed by atoms with Crippen LogP contribution >= 0.6 is 0 Å². The van der Waals surface area contributed by atoms with Gasteiger partial charge in [-0.15, -0.1) is 5.11 Å². The van der Waals surface area contributed by atoms with Crippen LogP contribution in [0.15, 0.2) is 10.3 Å². The summed E-state index contributed by atoms with van der Waals surface area (Å²) in [6, 6.07) is -2.03. The minimum absolute atomic E-state index is 0.131. The Hall–Kier alpha value is -2.32. The number of carbonyl (C=O) groups is 4. The van der Waals surface area contributed by atoms with Crippen molar-refractivity contribution in [3.8, 4) is 0 Å². The second-order valence-corrected chi connectivity index (χ2v) is 5.43. The highest BCUT2D eigenvalue weighted by atomic mass is 16.6. The number of Topliss-reactive ketones (excluding diaryl/α,β-unsaturated/α-hetero) is 2. The Morgan fingerprint density at radius 1 is 1.19 bits per heavy atom. The average Bonchev–Trinajstić information content (AvgIpc) is 2.62. The van der Waals surface area contributed by atoms with Gasteiger partial charge < -0.3 is 29.9 Å². The molecule has 2 aliphatic rings. The Morgan fingerprint density at radius 3 is 2.42 bits per heavy atom. The lowest BCUT2D eigenvalue weighted by Crippen LogP contribution is -2.64. The van der Waals surface area contributed by atoms with Crippen LogP contribution in [0.4, 0.5) is 0 Å². The van der Waals surface area contributed by atoms with Crippen LogP contribution in [0.2, 0.25) is 0 Å². The summed E-state index contributed by atoms with van der Waals surface area (Å²) in [5, 5.41) is 45.4. The van der Waals surface area contributed by atoms with Crippen molar-refractivity contribution in [3.63, 3.8) is 0 Å². The number of nitrogens with zero attached hydrogens (tertiary/aromatic N) is 3. The number of carbonyl (C=O) groups excluding carboxylic acids is 4. The predicted molar refractivity (Wildman–Crippen MR) is 75.9 cm³/mol. The van der Waals surface area contributed by atoms with E-state index in [1.165, 1.54) is 6.92 Å². The van der Waals surface area contributed by atoms with E-state index >= 15 is 0 Å². The molecule has 1 fully saturated rings. The molecule has 144 valence electrons. The van der Waals surface area contributed by atoms with Gasteiger partial charge in [0.15, 0.2) is 6.23 Å². The first-order chi connectivity index (χ1) is 12.2. The molecule has 2 aliphatic heterocycles. The molecule has 0 radical (unpaired) electrons. The molecule has 6 unspecified atom stereocenters. The molecule has 0 spiro atoms. The van der Waals surface area contributed by atoms with Gasteiger partial charge in [-0.25, -0.2) is 4.79 Å². The summed E-state index contributed by atoms with van der Waals surface area (Å²) in [7, 11) is 0. The summed E-state index contributed by atoms with van der Waals surface area (Å²) in [5.41, 5.74) is 0. The molecule has 1 amide bonds. The molecule has 0 aromatic heterocycles. The SMILES string of the molecule is CCOC(=O)C(=O)C1N=NN(C2OC(CO)C(O)C(O)C2O)C(=O)C1=O. The number of aliphatic hydroxyl groups excluding tert-OH is 4. The van der Waals surface area contributed by atoms with Gasteiger partial charge in [-0.05, 0) is 6.92 Å². The van der Waals surface area contributed by atoms with Crippen LogP contribution in [-0.4, -0.2) is 98.8 Å². The fraction of sp³-hybridized carbons (Fsp3) is 0.692. The monoisotopic (exact) mass is 375 g/mol. The lowest BCUT2D eigenvalue weighted by Gasteiger charge is -2.42. The first-order valence-electron chi connectivity index (χ1n) is 7.54. The van der Waals surface area contributed by atoms with Crippen LogP contribution in [0, 0.1) is 0 Å². The number of amides is 1. The van der Waals surface area contributed by atoms with Gasteiger partial charge in [-0.3, -0.25) is 14.4 Å². The zero-order chi connectivity index (χ0) is 19.6. The summed E-state index contributed by atoms with van der Waals surface area (Å²) in [4.78, 5) is 47.4. The molecule has 0 aliphatic carbocycles. The van der Waals surface area contributed by atoms with Crippen LogP contribution in [0.1, 0.15) is 6.92 Å². The lowest BCUT2D eigenvalue weighted by molar-refractivity contribution is -0.263. The third kappa shape index (κ3) is 3.47. The Kier molecular flexibility index (Phi) is 6.09. The van der Waals surface area contributed by atoms with E-state index in [0.717, 1.165) is 0 Å². The largest absolute Gasteiger partial charge is 0.460 e. The third-order valence-corrected chi connectivity index (χ3v) is 3.76.